The Morgan fingerprint density at radius 1 is 1.22 bits per heavy atom. The first-order chi connectivity index (χ1) is 8.49. The smallest absolute Gasteiger partial charge is 0.0197 e. The van der Waals surface area contributed by atoms with E-state index in [0.29, 0.717) is 5.41 Å². The second-order valence-electron chi connectivity index (χ2n) is 7.56. The molecule has 0 aromatic carbocycles. The Morgan fingerprint density at radius 3 is 2.61 bits per heavy atom. The highest BCUT2D eigenvalue weighted by Gasteiger charge is 2.33. The number of piperidine rings is 1. The van der Waals surface area contributed by atoms with Gasteiger partial charge in [0, 0.05) is 19.1 Å². The van der Waals surface area contributed by atoms with Gasteiger partial charge in [-0.3, -0.25) is 0 Å². The molecule has 2 nitrogen and oxygen atoms in total. The van der Waals surface area contributed by atoms with E-state index in [2.05, 4.69) is 37.9 Å². The average Bonchev–Trinajstić information content (AvgIpc) is 2.77. The first kappa shape index (κ1) is 14.3. The van der Waals surface area contributed by atoms with Crippen LogP contribution in [-0.4, -0.2) is 37.1 Å². The van der Waals surface area contributed by atoms with E-state index in [1.165, 1.54) is 51.9 Å². The minimum absolute atomic E-state index is 0.487. The lowest BCUT2D eigenvalue weighted by molar-refractivity contribution is 0.197. The van der Waals surface area contributed by atoms with Gasteiger partial charge in [0.25, 0.3) is 0 Å². The van der Waals surface area contributed by atoms with E-state index in [9.17, 15) is 0 Å². The molecule has 2 fully saturated rings. The van der Waals surface area contributed by atoms with Crippen LogP contribution in [0.5, 0.6) is 0 Å². The van der Waals surface area contributed by atoms with Crippen LogP contribution in [0, 0.1) is 17.3 Å². The number of nitrogens with one attached hydrogen (secondary N) is 1. The van der Waals surface area contributed by atoms with Gasteiger partial charge in [0.15, 0.2) is 0 Å². The Morgan fingerprint density at radius 2 is 2.00 bits per heavy atom. The zero-order valence-electron chi connectivity index (χ0n) is 12.8. The van der Waals surface area contributed by atoms with Crippen LogP contribution in [-0.2, 0) is 0 Å². The third-order valence-corrected chi connectivity index (χ3v) is 5.16. The van der Waals surface area contributed by atoms with Crippen LogP contribution in [0.25, 0.3) is 0 Å². The lowest BCUT2D eigenvalue weighted by Crippen LogP contribution is -2.45. The van der Waals surface area contributed by atoms with Crippen molar-refractivity contribution < 1.29 is 0 Å². The zero-order chi connectivity index (χ0) is 13.2. The monoisotopic (exact) mass is 252 g/mol. The predicted molar refractivity (Wildman–Crippen MR) is 78.8 cm³/mol. The zero-order valence-corrected chi connectivity index (χ0v) is 12.8. The van der Waals surface area contributed by atoms with E-state index in [1.54, 1.807) is 0 Å². The van der Waals surface area contributed by atoms with Gasteiger partial charge < -0.3 is 10.2 Å². The number of nitrogens with zero attached hydrogens (tertiary/aromatic N) is 1. The quantitative estimate of drug-likeness (QED) is 0.830. The molecule has 2 heterocycles. The van der Waals surface area contributed by atoms with Crippen LogP contribution in [0.3, 0.4) is 0 Å². The maximum absolute atomic E-state index is 3.72. The van der Waals surface area contributed by atoms with Crippen LogP contribution >= 0.6 is 0 Å². The highest BCUT2D eigenvalue weighted by atomic mass is 15.2. The van der Waals surface area contributed by atoms with E-state index in [-0.39, 0.29) is 0 Å². The molecular formula is C16H32N2. The van der Waals surface area contributed by atoms with Crippen molar-refractivity contribution in [2.24, 2.45) is 17.3 Å². The Hall–Kier alpha value is -0.0800. The molecule has 2 rings (SSSR count). The van der Waals surface area contributed by atoms with E-state index < -0.39 is 0 Å². The molecule has 1 N–H and O–H groups in total. The third-order valence-electron chi connectivity index (χ3n) is 5.16. The minimum atomic E-state index is 0.487. The molecule has 0 bridgehead atoms. The molecule has 106 valence electrons. The van der Waals surface area contributed by atoms with Gasteiger partial charge in [-0.25, -0.2) is 0 Å². The van der Waals surface area contributed by atoms with Gasteiger partial charge in [-0.1, -0.05) is 34.1 Å². The van der Waals surface area contributed by atoms with Crippen LogP contribution < -0.4 is 5.32 Å². The largest absolute Gasteiger partial charge is 0.313 e. The topological polar surface area (TPSA) is 15.3 Å². The molecule has 3 unspecified atom stereocenters. The van der Waals surface area contributed by atoms with Crippen molar-refractivity contribution in [1.29, 1.82) is 0 Å². The molecule has 2 saturated heterocycles. The Balaban J connectivity index is 1.77. The summed E-state index contributed by atoms with van der Waals surface area (Å²) in [5.74, 6) is 1.86. The van der Waals surface area contributed by atoms with Gasteiger partial charge in [-0.2, -0.15) is 0 Å². The van der Waals surface area contributed by atoms with Gasteiger partial charge in [-0.15, -0.1) is 0 Å². The maximum Gasteiger partial charge on any atom is 0.0197 e. The van der Waals surface area contributed by atoms with Crippen molar-refractivity contribution in [1.82, 2.24) is 10.2 Å². The SMILES string of the molecule is CCC1CCNC(CN2CCC(C(C)(C)C)C2)C1. The molecule has 0 radical (unpaired) electrons. The third kappa shape index (κ3) is 3.71. The van der Waals surface area contributed by atoms with E-state index in [1.807, 2.05) is 0 Å². The van der Waals surface area contributed by atoms with E-state index >= 15 is 0 Å². The molecule has 0 saturated carbocycles. The molecule has 2 aliphatic rings. The standard InChI is InChI=1S/C16H32N2/c1-5-13-6-8-17-15(10-13)12-18-9-7-14(11-18)16(2,3)4/h13-15,17H,5-12H2,1-4H3. The summed E-state index contributed by atoms with van der Waals surface area (Å²) in [5, 5.41) is 3.72. The van der Waals surface area contributed by atoms with Gasteiger partial charge in [0.2, 0.25) is 0 Å². The summed E-state index contributed by atoms with van der Waals surface area (Å²) < 4.78 is 0. The van der Waals surface area contributed by atoms with Crippen LogP contribution in [0.4, 0.5) is 0 Å². The van der Waals surface area contributed by atoms with Gasteiger partial charge in [0.05, 0.1) is 0 Å². The second-order valence-corrected chi connectivity index (χ2v) is 7.56. The molecule has 2 aliphatic heterocycles. The summed E-state index contributed by atoms with van der Waals surface area (Å²) in [6, 6.07) is 0.752. The number of hydrogen-bond acceptors (Lipinski definition) is 2. The summed E-state index contributed by atoms with van der Waals surface area (Å²) >= 11 is 0. The molecule has 18 heavy (non-hydrogen) atoms. The highest BCUT2D eigenvalue weighted by Crippen LogP contribution is 2.33. The lowest BCUT2D eigenvalue weighted by atomic mass is 9.80. The molecular weight excluding hydrogens is 220 g/mol. The van der Waals surface area contributed by atoms with Crippen molar-refractivity contribution in [3.63, 3.8) is 0 Å². The van der Waals surface area contributed by atoms with Gasteiger partial charge in [0.1, 0.15) is 0 Å². The molecule has 0 aliphatic carbocycles. The van der Waals surface area contributed by atoms with E-state index in [0.717, 1.165) is 17.9 Å². The minimum Gasteiger partial charge on any atom is -0.313 e. The molecule has 0 spiro atoms. The highest BCUT2D eigenvalue weighted by molar-refractivity contribution is 4.87. The Labute approximate surface area is 114 Å². The second kappa shape index (κ2) is 5.92. The maximum atomic E-state index is 3.72. The van der Waals surface area contributed by atoms with Crippen molar-refractivity contribution in [2.45, 2.75) is 59.4 Å². The lowest BCUT2D eigenvalue weighted by Gasteiger charge is -2.33. The fourth-order valence-electron chi connectivity index (χ4n) is 3.62. The number of rotatable bonds is 3. The summed E-state index contributed by atoms with van der Waals surface area (Å²) in [7, 11) is 0. The first-order valence-electron chi connectivity index (χ1n) is 7.94. The Bertz CT molecular complexity index is 256. The normalized spacial score (nSPS) is 35.0. The van der Waals surface area contributed by atoms with Crippen molar-refractivity contribution >= 4 is 0 Å². The van der Waals surface area contributed by atoms with Crippen LogP contribution in [0.15, 0.2) is 0 Å². The fourth-order valence-corrected chi connectivity index (χ4v) is 3.62. The average molecular weight is 252 g/mol. The molecule has 2 heteroatoms. The molecule has 0 aromatic heterocycles. The number of hydrogen-bond donors (Lipinski definition) is 1. The molecule has 0 aromatic rings. The molecule has 3 atom stereocenters. The summed E-state index contributed by atoms with van der Waals surface area (Å²) in [4.78, 5) is 2.70. The summed E-state index contributed by atoms with van der Waals surface area (Å²) in [5.41, 5.74) is 0.487. The first-order valence-corrected chi connectivity index (χ1v) is 7.94. The van der Waals surface area contributed by atoms with E-state index in [4.69, 9.17) is 0 Å². The summed E-state index contributed by atoms with van der Waals surface area (Å²) in [6.07, 6.45) is 5.54. The molecule has 0 amide bonds. The van der Waals surface area contributed by atoms with Crippen LogP contribution in [0.2, 0.25) is 0 Å². The predicted octanol–water partition coefficient (Wildman–Crippen LogP) is 3.13. The van der Waals surface area contributed by atoms with Crippen molar-refractivity contribution in [3.8, 4) is 0 Å². The fraction of sp³-hybridized carbons (Fsp3) is 1.00. The van der Waals surface area contributed by atoms with Gasteiger partial charge >= 0.3 is 0 Å². The van der Waals surface area contributed by atoms with Gasteiger partial charge in [-0.05, 0) is 49.6 Å². The van der Waals surface area contributed by atoms with Crippen molar-refractivity contribution in [3.05, 3.63) is 0 Å². The number of likely N-dealkylation sites (tertiary alicyclic amines) is 1. The van der Waals surface area contributed by atoms with Crippen molar-refractivity contribution in [2.75, 3.05) is 26.2 Å². The Kier molecular flexibility index (Phi) is 4.71. The van der Waals surface area contributed by atoms with Crippen LogP contribution in [0.1, 0.15) is 53.4 Å². The summed E-state index contributed by atoms with van der Waals surface area (Å²) in [6.45, 7) is 14.7.